The van der Waals surface area contributed by atoms with Gasteiger partial charge < -0.3 is 24.2 Å². The number of rotatable bonds is 9. The number of halogens is 1. The zero-order valence-electron chi connectivity index (χ0n) is 24.7. The van der Waals surface area contributed by atoms with E-state index in [2.05, 4.69) is 15.9 Å². The number of aliphatic carboxylic acids is 1. The molecule has 0 bridgehead atoms. The van der Waals surface area contributed by atoms with Gasteiger partial charge in [-0.3, -0.25) is 9.69 Å². The third-order valence-corrected chi connectivity index (χ3v) is 10.0. The normalized spacial score (nSPS) is 25.0. The molecule has 2 aromatic carbocycles. The highest BCUT2D eigenvalue weighted by Crippen LogP contribution is 2.62. The number of carboxylic acid groups (broad SMARTS) is 1. The lowest BCUT2D eigenvalue weighted by molar-refractivity contribution is -0.144. The van der Waals surface area contributed by atoms with Crippen LogP contribution in [0.15, 0.2) is 48.5 Å². The standard InChI is InChI=1S/C34H38FN3O5/c1-21-5-3-6-27(28-7-4-8-30(36-28)38-16-24-15-34(24,33(39)40)29(38)20-41-2)32(21)43-17-23-10-9-22-11-13-37(25-18-42-19-25)14-12-26(22)31(23)35/h3-10,24-25,29H,11-20H2,1-2H3,(H,39,40)/t24?,29-,34-/m1/s1. The van der Waals surface area contributed by atoms with Crippen molar-refractivity contribution in [3.8, 4) is 17.0 Å². The molecule has 2 saturated heterocycles. The smallest absolute Gasteiger partial charge is 0.312 e. The molecular formula is C34H38FN3O5. The van der Waals surface area contributed by atoms with Crippen LogP contribution >= 0.6 is 0 Å². The molecule has 0 radical (unpaired) electrons. The molecule has 3 fully saturated rings. The van der Waals surface area contributed by atoms with E-state index in [1.165, 1.54) is 0 Å². The first-order valence-electron chi connectivity index (χ1n) is 15.2. The van der Waals surface area contributed by atoms with E-state index in [9.17, 15) is 9.90 Å². The molecule has 1 saturated carbocycles. The number of para-hydroxylation sites is 1. The number of carbonyl (C=O) groups is 1. The van der Waals surface area contributed by atoms with Crippen LogP contribution in [0.2, 0.25) is 0 Å². The van der Waals surface area contributed by atoms with E-state index >= 15 is 4.39 Å². The zero-order chi connectivity index (χ0) is 29.7. The Labute approximate surface area is 251 Å². The second-order valence-electron chi connectivity index (χ2n) is 12.4. The van der Waals surface area contributed by atoms with Crippen molar-refractivity contribution < 1.29 is 28.5 Å². The van der Waals surface area contributed by atoms with Crippen molar-refractivity contribution in [3.05, 3.63) is 76.6 Å². The van der Waals surface area contributed by atoms with E-state index in [-0.39, 0.29) is 24.4 Å². The Morgan fingerprint density at radius 3 is 2.72 bits per heavy atom. The summed E-state index contributed by atoms with van der Waals surface area (Å²) in [6.07, 6.45) is 2.20. The van der Waals surface area contributed by atoms with Crippen molar-refractivity contribution in [1.82, 2.24) is 9.88 Å². The zero-order valence-corrected chi connectivity index (χ0v) is 24.7. The van der Waals surface area contributed by atoms with Crippen LogP contribution in [0.4, 0.5) is 10.2 Å². The topological polar surface area (TPSA) is 84.4 Å². The van der Waals surface area contributed by atoms with Crippen LogP contribution in [-0.4, -0.2) is 79.6 Å². The Bertz CT molecular complexity index is 1540. The number of carboxylic acids is 1. The average molecular weight is 588 g/mol. The van der Waals surface area contributed by atoms with Crippen LogP contribution in [0.3, 0.4) is 0 Å². The van der Waals surface area contributed by atoms with Gasteiger partial charge in [0.15, 0.2) is 0 Å². The fourth-order valence-electron chi connectivity index (χ4n) is 7.37. The van der Waals surface area contributed by atoms with Crippen molar-refractivity contribution in [2.75, 3.05) is 51.5 Å². The molecule has 1 aliphatic carbocycles. The Morgan fingerprint density at radius 1 is 1.14 bits per heavy atom. The molecule has 226 valence electrons. The summed E-state index contributed by atoms with van der Waals surface area (Å²) in [7, 11) is 1.61. The van der Waals surface area contributed by atoms with Gasteiger partial charge in [-0.15, -0.1) is 0 Å². The maximum Gasteiger partial charge on any atom is 0.312 e. The molecule has 0 spiro atoms. The Balaban J connectivity index is 1.12. The van der Waals surface area contributed by atoms with Crippen molar-refractivity contribution in [3.63, 3.8) is 0 Å². The maximum atomic E-state index is 15.8. The number of ether oxygens (including phenoxy) is 3. The second-order valence-corrected chi connectivity index (χ2v) is 12.4. The van der Waals surface area contributed by atoms with Crippen LogP contribution in [0.5, 0.6) is 5.75 Å². The van der Waals surface area contributed by atoms with E-state index in [0.717, 1.165) is 66.5 Å². The van der Waals surface area contributed by atoms with Gasteiger partial charge in [-0.2, -0.15) is 0 Å². The Kier molecular flexibility index (Phi) is 7.35. The largest absolute Gasteiger partial charge is 0.488 e. The van der Waals surface area contributed by atoms with Gasteiger partial charge in [-0.1, -0.05) is 30.3 Å². The highest BCUT2D eigenvalue weighted by molar-refractivity contribution is 5.82. The first kappa shape index (κ1) is 28.3. The van der Waals surface area contributed by atoms with Crippen molar-refractivity contribution in [2.24, 2.45) is 11.3 Å². The number of hydrogen-bond donors (Lipinski definition) is 1. The second kappa shape index (κ2) is 11.2. The fraction of sp³-hybridized carbons (Fsp3) is 0.471. The predicted octanol–water partition coefficient (Wildman–Crippen LogP) is 4.50. The SMILES string of the molecule is COC[C@H]1N(c2cccc(-c3cccc(C)c3OCc3ccc4c(c3F)CCN(C3COC3)CC4)n2)CC2C[C@@]21C(=O)O. The molecule has 1 unspecified atom stereocenters. The summed E-state index contributed by atoms with van der Waals surface area (Å²) in [6, 6.07) is 15.8. The van der Waals surface area contributed by atoms with Gasteiger partial charge in [0.2, 0.25) is 0 Å². The lowest BCUT2D eigenvalue weighted by atomic mass is 9.97. The van der Waals surface area contributed by atoms with Gasteiger partial charge in [-0.05, 0) is 67.0 Å². The van der Waals surface area contributed by atoms with Gasteiger partial charge in [0.1, 0.15) is 24.0 Å². The molecule has 3 aliphatic heterocycles. The van der Waals surface area contributed by atoms with E-state index in [0.29, 0.717) is 43.3 Å². The number of pyridine rings is 1. The summed E-state index contributed by atoms with van der Waals surface area (Å²) >= 11 is 0. The van der Waals surface area contributed by atoms with Gasteiger partial charge in [-0.25, -0.2) is 9.37 Å². The number of fused-ring (bicyclic) bond motifs is 2. The van der Waals surface area contributed by atoms with Gasteiger partial charge in [0, 0.05) is 37.9 Å². The molecule has 43 heavy (non-hydrogen) atoms. The summed E-state index contributed by atoms with van der Waals surface area (Å²) in [5.74, 6) is 0.558. The van der Waals surface area contributed by atoms with E-state index < -0.39 is 11.4 Å². The number of methoxy groups -OCH3 is 1. The number of piperidine rings is 1. The molecule has 4 heterocycles. The van der Waals surface area contributed by atoms with Gasteiger partial charge in [0.25, 0.3) is 0 Å². The summed E-state index contributed by atoms with van der Waals surface area (Å²) < 4.78 is 33.0. The molecule has 7 rings (SSSR count). The van der Waals surface area contributed by atoms with Crippen LogP contribution in [0.1, 0.15) is 28.7 Å². The summed E-state index contributed by atoms with van der Waals surface area (Å²) in [4.78, 5) is 21.7. The van der Waals surface area contributed by atoms with Crippen molar-refractivity contribution in [2.45, 2.75) is 44.9 Å². The minimum absolute atomic E-state index is 0.0968. The molecular weight excluding hydrogens is 549 g/mol. The maximum absolute atomic E-state index is 15.8. The molecule has 3 aromatic rings. The van der Waals surface area contributed by atoms with Gasteiger partial charge >= 0.3 is 5.97 Å². The van der Waals surface area contributed by atoms with Crippen LogP contribution < -0.4 is 9.64 Å². The number of aromatic nitrogens is 1. The molecule has 8 nitrogen and oxygen atoms in total. The summed E-state index contributed by atoms with van der Waals surface area (Å²) in [6.45, 7) is 6.35. The first-order chi connectivity index (χ1) is 20.9. The predicted molar refractivity (Wildman–Crippen MR) is 160 cm³/mol. The van der Waals surface area contributed by atoms with Crippen LogP contribution in [-0.2, 0) is 33.7 Å². The van der Waals surface area contributed by atoms with Crippen molar-refractivity contribution >= 4 is 11.8 Å². The molecule has 1 N–H and O–H groups in total. The summed E-state index contributed by atoms with van der Waals surface area (Å²) in [5.41, 5.74) is 4.13. The quantitative estimate of drug-likeness (QED) is 0.392. The Hall–Kier alpha value is -3.53. The van der Waals surface area contributed by atoms with Crippen LogP contribution in [0, 0.1) is 24.1 Å². The van der Waals surface area contributed by atoms with Crippen LogP contribution in [0.25, 0.3) is 11.3 Å². The highest BCUT2D eigenvalue weighted by Gasteiger charge is 2.71. The number of nitrogens with zero attached hydrogens (tertiary/aromatic N) is 3. The lowest BCUT2D eigenvalue weighted by Crippen LogP contribution is -2.49. The lowest BCUT2D eigenvalue weighted by Gasteiger charge is -2.36. The number of benzene rings is 2. The van der Waals surface area contributed by atoms with Crippen molar-refractivity contribution in [1.29, 1.82) is 0 Å². The number of hydrogen-bond acceptors (Lipinski definition) is 7. The van der Waals surface area contributed by atoms with E-state index in [4.69, 9.17) is 19.2 Å². The molecule has 3 atom stereocenters. The number of aryl methyl sites for hydroxylation is 1. The third-order valence-electron chi connectivity index (χ3n) is 10.0. The minimum Gasteiger partial charge on any atom is -0.488 e. The van der Waals surface area contributed by atoms with E-state index in [1.807, 2.05) is 49.4 Å². The molecule has 9 heteroatoms. The Morgan fingerprint density at radius 2 is 1.95 bits per heavy atom. The minimum atomic E-state index is -0.771. The molecule has 4 aliphatic rings. The number of anilines is 1. The summed E-state index contributed by atoms with van der Waals surface area (Å²) in [5, 5.41) is 10.0. The molecule has 1 aromatic heterocycles. The third kappa shape index (κ3) is 4.87. The fourth-order valence-corrected chi connectivity index (χ4v) is 7.37. The first-order valence-corrected chi connectivity index (χ1v) is 15.2. The monoisotopic (exact) mass is 587 g/mol. The molecule has 0 amide bonds. The van der Waals surface area contributed by atoms with Gasteiger partial charge in [0.05, 0.1) is 43.0 Å². The average Bonchev–Trinajstić information content (AvgIpc) is 3.67. The van der Waals surface area contributed by atoms with E-state index in [1.54, 1.807) is 7.11 Å². The highest BCUT2D eigenvalue weighted by atomic mass is 19.1.